The summed E-state index contributed by atoms with van der Waals surface area (Å²) in [6.07, 6.45) is 0. The van der Waals surface area contributed by atoms with Crippen molar-refractivity contribution in [3.8, 4) is 5.75 Å². The molecule has 0 unspecified atom stereocenters. The third kappa shape index (κ3) is 3.35. The number of hydrogen-bond acceptors (Lipinski definition) is 4. The van der Waals surface area contributed by atoms with Gasteiger partial charge in [-0.2, -0.15) is 0 Å². The van der Waals surface area contributed by atoms with Crippen LogP contribution >= 0.6 is 0 Å². The van der Waals surface area contributed by atoms with E-state index in [0.717, 1.165) is 0 Å². The third-order valence-corrected chi connectivity index (χ3v) is 2.27. The minimum absolute atomic E-state index is 0.136. The topological polar surface area (TPSA) is 86.8 Å². The number of carbonyl (C=O) groups is 1. The van der Waals surface area contributed by atoms with E-state index in [0.29, 0.717) is 0 Å². The van der Waals surface area contributed by atoms with Crippen molar-refractivity contribution in [2.24, 2.45) is 0 Å². The molecule has 0 aromatic heterocycles. The molecule has 17 heavy (non-hydrogen) atoms. The Kier molecular flexibility index (Phi) is 3.63. The summed E-state index contributed by atoms with van der Waals surface area (Å²) in [6.45, 7) is 3.38. The number of rotatable bonds is 3. The van der Waals surface area contributed by atoms with Gasteiger partial charge in [-0.25, -0.2) is 0 Å². The fourth-order valence-electron chi connectivity index (χ4n) is 1.59. The molecule has 0 spiro atoms. The number of anilines is 1. The van der Waals surface area contributed by atoms with Crippen molar-refractivity contribution in [2.45, 2.75) is 19.4 Å². The Morgan fingerprint density at radius 3 is 2.59 bits per heavy atom. The summed E-state index contributed by atoms with van der Waals surface area (Å²) >= 11 is 0. The summed E-state index contributed by atoms with van der Waals surface area (Å²) in [6, 6.07) is 4.61. The van der Waals surface area contributed by atoms with Gasteiger partial charge in [0.2, 0.25) is 0 Å². The maximum atomic E-state index is 12.0. The number of aromatic hydroxyl groups is 1. The molecular weight excluding hydrogens is 220 g/mol. The number of carbonyl (C=O) groups excluding carboxylic acids is 1. The number of aliphatic hydroxyl groups is 1. The summed E-state index contributed by atoms with van der Waals surface area (Å²) in [5.41, 5.74) is 4.83. The van der Waals surface area contributed by atoms with Gasteiger partial charge in [0, 0.05) is 13.6 Å². The Labute approximate surface area is 100 Å². The van der Waals surface area contributed by atoms with Gasteiger partial charge >= 0.3 is 0 Å². The number of likely N-dealkylation sites (N-methyl/N-ethyl adjacent to an activating group) is 1. The van der Waals surface area contributed by atoms with Gasteiger partial charge in [0.25, 0.3) is 5.91 Å². The zero-order chi connectivity index (χ0) is 13.2. The highest BCUT2D eigenvalue weighted by Gasteiger charge is 2.22. The molecule has 1 aromatic carbocycles. The Hall–Kier alpha value is -1.75. The lowest BCUT2D eigenvalue weighted by Gasteiger charge is -2.25. The molecule has 0 saturated heterocycles. The van der Waals surface area contributed by atoms with Crippen molar-refractivity contribution < 1.29 is 15.0 Å². The molecule has 0 aliphatic heterocycles. The molecule has 4 N–H and O–H groups in total. The molecule has 1 rings (SSSR count). The molecule has 1 aromatic rings. The molecule has 0 bridgehead atoms. The highest BCUT2D eigenvalue weighted by Crippen LogP contribution is 2.25. The fraction of sp³-hybridized carbons (Fsp3) is 0.417. The molecular formula is C12H18N2O3. The van der Waals surface area contributed by atoms with E-state index < -0.39 is 5.60 Å². The minimum Gasteiger partial charge on any atom is -0.505 e. The van der Waals surface area contributed by atoms with Crippen LogP contribution in [-0.2, 0) is 0 Å². The van der Waals surface area contributed by atoms with Gasteiger partial charge in [-0.15, -0.1) is 0 Å². The summed E-state index contributed by atoms with van der Waals surface area (Å²) in [4.78, 5) is 13.3. The van der Waals surface area contributed by atoms with Crippen molar-refractivity contribution in [1.29, 1.82) is 0 Å². The van der Waals surface area contributed by atoms with E-state index in [1.54, 1.807) is 27.0 Å². The molecule has 0 aliphatic carbocycles. The summed E-state index contributed by atoms with van der Waals surface area (Å²) < 4.78 is 0. The predicted molar refractivity (Wildman–Crippen MR) is 65.8 cm³/mol. The molecule has 0 saturated carbocycles. The maximum absolute atomic E-state index is 12.0. The lowest BCUT2D eigenvalue weighted by molar-refractivity contribution is 0.0366. The lowest BCUT2D eigenvalue weighted by atomic mass is 10.1. The second kappa shape index (κ2) is 4.63. The first kappa shape index (κ1) is 13.3. The van der Waals surface area contributed by atoms with Crippen LogP contribution in [0, 0.1) is 0 Å². The number of phenolic OH excluding ortho intramolecular Hbond substituents is 1. The summed E-state index contributed by atoms with van der Waals surface area (Å²) in [5, 5.41) is 19.3. The monoisotopic (exact) mass is 238 g/mol. The van der Waals surface area contributed by atoms with E-state index in [-0.39, 0.29) is 29.5 Å². The van der Waals surface area contributed by atoms with E-state index >= 15 is 0 Å². The van der Waals surface area contributed by atoms with Crippen molar-refractivity contribution in [3.05, 3.63) is 23.8 Å². The molecule has 1 amide bonds. The van der Waals surface area contributed by atoms with E-state index in [1.165, 1.54) is 17.0 Å². The van der Waals surface area contributed by atoms with Gasteiger partial charge in [0.05, 0.1) is 16.9 Å². The van der Waals surface area contributed by atoms with Gasteiger partial charge in [0.15, 0.2) is 5.75 Å². The van der Waals surface area contributed by atoms with Crippen molar-refractivity contribution in [2.75, 3.05) is 19.3 Å². The average Bonchev–Trinajstić information content (AvgIpc) is 2.18. The number of para-hydroxylation sites is 1. The van der Waals surface area contributed by atoms with Gasteiger partial charge in [-0.05, 0) is 26.0 Å². The third-order valence-electron chi connectivity index (χ3n) is 2.27. The number of nitrogens with two attached hydrogens (primary N) is 1. The van der Waals surface area contributed by atoms with Crippen molar-refractivity contribution >= 4 is 11.6 Å². The zero-order valence-corrected chi connectivity index (χ0v) is 10.3. The molecule has 0 radical (unpaired) electrons. The Bertz CT molecular complexity index is 424. The number of nitrogens with zero attached hydrogens (tertiary/aromatic N) is 1. The Balaban J connectivity index is 2.93. The number of nitrogen functional groups attached to an aromatic ring is 1. The first-order valence-electron chi connectivity index (χ1n) is 5.27. The highest BCUT2D eigenvalue weighted by molar-refractivity contribution is 5.98. The van der Waals surface area contributed by atoms with Crippen LogP contribution in [-0.4, -0.2) is 40.2 Å². The van der Waals surface area contributed by atoms with Crippen LogP contribution in [0.1, 0.15) is 24.2 Å². The molecule has 5 nitrogen and oxygen atoms in total. The smallest absolute Gasteiger partial charge is 0.257 e. The second-order valence-corrected chi connectivity index (χ2v) is 4.72. The standard InChI is InChI=1S/C12H18N2O3/c1-12(2,17)7-14(3)11(16)8-5-4-6-9(13)10(8)15/h4-6,15,17H,7,13H2,1-3H3. The van der Waals surface area contributed by atoms with Crippen molar-refractivity contribution in [3.63, 3.8) is 0 Å². The van der Waals surface area contributed by atoms with Crippen LogP contribution < -0.4 is 5.73 Å². The molecule has 5 heteroatoms. The van der Waals surface area contributed by atoms with Gasteiger partial charge < -0.3 is 20.8 Å². The quantitative estimate of drug-likeness (QED) is 0.537. The molecule has 0 heterocycles. The number of amides is 1. The first-order valence-corrected chi connectivity index (χ1v) is 5.27. The summed E-state index contributed by atoms with van der Waals surface area (Å²) in [5.74, 6) is -0.600. The molecule has 0 fully saturated rings. The largest absolute Gasteiger partial charge is 0.505 e. The van der Waals surface area contributed by atoms with Crippen LogP contribution in [0.3, 0.4) is 0 Å². The van der Waals surface area contributed by atoms with Gasteiger partial charge in [0.1, 0.15) is 0 Å². The predicted octanol–water partition coefficient (Wildman–Crippen LogP) is 0.817. The Morgan fingerprint density at radius 1 is 1.47 bits per heavy atom. The highest BCUT2D eigenvalue weighted by atomic mass is 16.3. The van der Waals surface area contributed by atoms with Crippen molar-refractivity contribution in [1.82, 2.24) is 4.90 Å². The normalized spacial score (nSPS) is 11.3. The molecule has 94 valence electrons. The number of phenols is 1. The lowest BCUT2D eigenvalue weighted by Crippen LogP contribution is -2.39. The number of benzene rings is 1. The maximum Gasteiger partial charge on any atom is 0.257 e. The van der Waals surface area contributed by atoms with Crippen LogP contribution in [0.4, 0.5) is 5.69 Å². The van der Waals surface area contributed by atoms with E-state index in [4.69, 9.17) is 5.73 Å². The van der Waals surface area contributed by atoms with E-state index in [2.05, 4.69) is 0 Å². The molecule has 0 aliphatic rings. The SMILES string of the molecule is CN(CC(C)(C)O)C(=O)c1cccc(N)c1O. The van der Waals surface area contributed by atoms with Gasteiger partial charge in [-0.3, -0.25) is 4.79 Å². The minimum atomic E-state index is -0.986. The fourth-order valence-corrected chi connectivity index (χ4v) is 1.59. The zero-order valence-electron chi connectivity index (χ0n) is 10.3. The first-order chi connectivity index (χ1) is 7.72. The van der Waals surface area contributed by atoms with E-state index in [1.807, 2.05) is 0 Å². The second-order valence-electron chi connectivity index (χ2n) is 4.72. The summed E-state index contributed by atoms with van der Waals surface area (Å²) in [7, 11) is 1.56. The molecule has 0 atom stereocenters. The van der Waals surface area contributed by atoms with Gasteiger partial charge in [-0.1, -0.05) is 6.07 Å². The average molecular weight is 238 g/mol. The van der Waals surface area contributed by atoms with Crippen LogP contribution in [0.25, 0.3) is 0 Å². The van der Waals surface area contributed by atoms with Crippen LogP contribution in [0.2, 0.25) is 0 Å². The van der Waals surface area contributed by atoms with E-state index in [9.17, 15) is 15.0 Å². The number of hydrogen-bond donors (Lipinski definition) is 3. The van der Waals surface area contributed by atoms with Crippen LogP contribution in [0.5, 0.6) is 5.75 Å². The van der Waals surface area contributed by atoms with Crippen LogP contribution in [0.15, 0.2) is 18.2 Å². The Morgan fingerprint density at radius 2 is 2.06 bits per heavy atom.